The highest BCUT2D eigenvalue weighted by Crippen LogP contribution is 2.31. The van der Waals surface area contributed by atoms with E-state index in [2.05, 4.69) is 41.2 Å². The lowest BCUT2D eigenvalue weighted by Gasteiger charge is -2.25. The minimum atomic E-state index is 0.0433. The molecule has 1 atom stereocenters. The Balaban J connectivity index is 1.60. The molecule has 4 rings (SSSR count). The Morgan fingerprint density at radius 3 is 2.71 bits per heavy atom. The largest absolute Gasteiger partial charge is 0.349 e. The topological polar surface area (TPSA) is 34.0 Å². The van der Waals surface area contributed by atoms with Crippen LogP contribution in [0, 0.1) is 6.92 Å². The van der Waals surface area contributed by atoms with Crippen LogP contribution in [0.2, 0.25) is 0 Å². The molecule has 0 spiro atoms. The van der Waals surface area contributed by atoms with Gasteiger partial charge in [0.15, 0.2) is 0 Å². The number of rotatable bonds is 2. The third kappa shape index (κ3) is 2.41. The molecular formula is C21H22N2O. The third-order valence-electron chi connectivity index (χ3n) is 5.25. The Morgan fingerprint density at radius 1 is 1.12 bits per heavy atom. The standard InChI is InChI=1S/C21H22N2O/c1-14-7-3-4-8-16(14)21(24)22-15-11-12-20-18(13-15)17-9-5-6-10-19(17)23(20)2/h3-10,15H,11-13H2,1-2H3,(H,22,24). The van der Waals surface area contributed by atoms with Gasteiger partial charge in [0, 0.05) is 35.2 Å². The predicted molar refractivity (Wildman–Crippen MR) is 97.4 cm³/mol. The molecule has 3 heteroatoms. The highest BCUT2D eigenvalue weighted by Gasteiger charge is 2.25. The van der Waals surface area contributed by atoms with Crippen molar-refractivity contribution in [1.82, 2.24) is 9.88 Å². The molecule has 1 unspecified atom stereocenters. The average Bonchev–Trinajstić information content (AvgIpc) is 2.88. The van der Waals surface area contributed by atoms with Gasteiger partial charge in [0.05, 0.1) is 0 Å². The number of benzene rings is 2. The molecule has 1 aromatic heterocycles. The van der Waals surface area contributed by atoms with Crippen molar-refractivity contribution in [3.05, 3.63) is 70.9 Å². The fourth-order valence-corrected chi connectivity index (χ4v) is 3.94. The summed E-state index contributed by atoms with van der Waals surface area (Å²) in [5.41, 5.74) is 5.90. The summed E-state index contributed by atoms with van der Waals surface area (Å²) in [7, 11) is 2.15. The SMILES string of the molecule is Cc1ccccc1C(=O)NC1CCc2c(c3ccccc3n2C)C1. The second-order valence-corrected chi connectivity index (χ2v) is 6.73. The van der Waals surface area contributed by atoms with E-state index in [4.69, 9.17) is 0 Å². The number of para-hydroxylation sites is 1. The van der Waals surface area contributed by atoms with Gasteiger partial charge in [-0.2, -0.15) is 0 Å². The monoisotopic (exact) mass is 318 g/mol. The summed E-state index contributed by atoms with van der Waals surface area (Å²) in [4.78, 5) is 12.6. The first kappa shape index (κ1) is 15.0. The zero-order valence-electron chi connectivity index (χ0n) is 14.2. The van der Waals surface area contributed by atoms with E-state index >= 15 is 0 Å². The minimum absolute atomic E-state index is 0.0433. The van der Waals surface area contributed by atoms with Gasteiger partial charge in [-0.3, -0.25) is 4.79 Å². The van der Waals surface area contributed by atoms with Crippen LogP contribution in [0.1, 0.15) is 33.6 Å². The molecular weight excluding hydrogens is 296 g/mol. The fourth-order valence-electron chi connectivity index (χ4n) is 3.94. The van der Waals surface area contributed by atoms with Crippen LogP contribution < -0.4 is 5.32 Å². The number of nitrogens with one attached hydrogen (secondary N) is 1. The van der Waals surface area contributed by atoms with Crippen molar-refractivity contribution in [3.8, 4) is 0 Å². The van der Waals surface area contributed by atoms with Crippen molar-refractivity contribution in [2.24, 2.45) is 7.05 Å². The van der Waals surface area contributed by atoms with Crippen molar-refractivity contribution < 1.29 is 4.79 Å². The molecule has 3 nitrogen and oxygen atoms in total. The maximum atomic E-state index is 12.6. The molecule has 0 aliphatic heterocycles. The van der Waals surface area contributed by atoms with E-state index in [1.807, 2.05) is 31.2 Å². The second-order valence-electron chi connectivity index (χ2n) is 6.73. The van der Waals surface area contributed by atoms with Crippen LogP contribution in [0.25, 0.3) is 10.9 Å². The van der Waals surface area contributed by atoms with Gasteiger partial charge >= 0.3 is 0 Å². The molecule has 0 bridgehead atoms. The highest BCUT2D eigenvalue weighted by molar-refractivity contribution is 5.96. The van der Waals surface area contributed by atoms with E-state index in [1.165, 1.54) is 22.2 Å². The van der Waals surface area contributed by atoms with Gasteiger partial charge in [0.2, 0.25) is 0 Å². The summed E-state index contributed by atoms with van der Waals surface area (Å²) in [6.07, 6.45) is 2.92. The summed E-state index contributed by atoms with van der Waals surface area (Å²) in [5, 5.41) is 4.57. The van der Waals surface area contributed by atoms with Gasteiger partial charge in [-0.25, -0.2) is 0 Å². The summed E-state index contributed by atoms with van der Waals surface area (Å²) in [6.45, 7) is 1.98. The molecule has 3 aromatic rings. The Kier molecular flexibility index (Phi) is 3.64. The van der Waals surface area contributed by atoms with Crippen LogP contribution >= 0.6 is 0 Å². The number of hydrogen-bond donors (Lipinski definition) is 1. The van der Waals surface area contributed by atoms with Gasteiger partial charge in [-0.15, -0.1) is 0 Å². The second kappa shape index (κ2) is 5.82. The first-order valence-electron chi connectivity index (χ1n) is 8.57. The number of nitrogens with zero attached hydrogens (tertiary/aromatic N) is 1. The van der Waals surface area contributed by atoms with Gasteiger partial charge in [0.25, 0.3) is 5.91 Å². The normalized spacial score (nSPS) is 16.8. The van der Waals surface area contributed by atoms with E-state index in [0.29, 0.717) is 0 Å². The lowest BCUT2D eigenvalue weighted by molar-refractivity contribution is 0.0933. The predicted octanol–water partition coefficient (Wildman–Crippen LogP) is 3.77. The maximum absolute atomic E-state index is 12.6. The Morgan fingerprint density at radius 2 is 1.88 bits per heavy atom. The van der Waals surface area contributed by atoms with Crippen molar-refractivity contribution in [2.75, 3.05) is 0 Å². The van der Waals surface area contributed by atoms with Crippen LogP contribution in [0.5, 0.6) is 0 Å². The van der Waals surface area contributed by atoms with Crippen molar-refractivity contribution in [2.45, 2.75) is 32.2 Å². The summed E-state index contributed by atoms with van der Waals surface area (Å²) < 4.78 is 2.31. The molecule has 1 heterocycles. The van der Waals surface area contributed by atoms with Crippen LogP contribution in [-0.4, -0.2) is 16.5 Å². The van der Waals surface area contributed by atoms with E-state index in [-0.39, 0.29) is 11.9 Å². The third-order valence-corrected chi connectivity index (χ3v) is 5.25. The number of aromatic nitrogens is 1. The van der Waals surface area contributed by atoms with Crippen molar-refractivity contribution >= 4 is 16.8 Å². The highest BCUT2D eigenvalue weighted by atomic mass is 16.1. The molecule has 24 heavy (non-hydrogen) atoms. The number of amides is 1. The van der Waals surface area contributed by atoms with Crippen LogP contribution in [0.15, 0.2) is 48.5 Å². The van der Waals surface area contributed by atoms with E-state index in [9.17, 15) is 4.79 Å². The fraction of sp³-hybridized carbons (Fsp3) is 0.286. The number of carbonyl (C=O) groups excluding carboxylic acids is 1. The quantitative estimate of drug-likeness (QED) is 0.767. The Labute approximate surface area is 142 Å². The van der Waals surface area contributed by atoms with E-state index in [0.717, 1.165) is 30.4 Å². The zero-order valence-corrected chi connectivity index (χ0v) is 14.2. The molecule has 0 radical (unpaired) electrons. The van der Waals surface area contributed by atoms with E-state index in [1.54, 1.807) is 0 Å². The van der Waals surface area contributed by atoms with Crippen molar-refractivity contribution in [3.63, 3.8) is 0 Å². The molecule has 0 saturated carbocycles. The van der Waals surface area contributed by atoms with Gasteiger partial charge in [0.1, 0.15) is 0 Å². The number of hydrogen-bond acceptors (Lipinski definition) is 1. The zero-order chi connectivity index (χ0) is 16.7. The average molecular weight is 318 g/mol. The summed E-state index contributed by atoms with van der Waals surface area (Å²) in [5.74, 6) is 0.0433. The summed E-state index contributed by atoms with van der Waals surface area (Å²) >= 11 is 0. The molecule has 1 N–H and O–H groups in total. The van der Waals surface area contributed by atoms with Gasteiger partial charge in [-0.1, -0.05) is 36.4 Å². The van der Waals surface area contributed by atoms with Gasteiger partial charge in [-0.05, 0) is 49.4 Å². The van der Waals surface area contributed by atoms with Gasteiger partial charge < -0.3 is 9.88 Å². The number of aryl methyl sites for hydroxylation is 2. The smallest absolute Gasteiger partial charge is 0.251 e. The first-order valence-corrected chi connectivity index (χ1v) is 8.57. The molecule has 122 valence electrons. The first-order chi connectivity index (χ1) is 11.6. The molecule has 1 aliphatic rings. The maximum Gasteiger partial charge on any atom is 0.251 e. The Bertz CT molecular complexity index is 923. The summed E-state index contributed by atoms with van der Waals surface area (Å²) in [6, 6.07) is 16.5. The Hall–Kier alpha value is -2.55. The molecule has 0 fully saturated rings. The van der Waals surface area contributed by atoms with E-state index < -0.39 is 0 Å². The van der Waals surface area contributed by atoms with Crippen LogP contribution in [0.3, 0.4) is 0 Å². The van der Waals surface area contributed by atoms with Crippen molar-refractivity contribution in [1.29, 1.82) is 0 Å². The lowest BCUT2D eigenvalue weighted by atomic mass is 9.91. The number of fused-ring (bicyclic) bond motifs is 3. The molecule has 1 aliphatic carbocycles. The lowest BCUT2D eigenvalue weighted by Crippen LogP contribution is -2.39. The number of carbonyl (C=O) groups is 1. The van der Waals surface area contributed by atoms with Crippen LogP contribution in [0.4, 0.5) is 0 Å². The molecule has 0 saturated heterocycles. The minimum Gasteiger partial charge on any atom is -0.349 e. The molecule has 1 amide bonds. The van der Waals surface area contributed by atoms with Crippen LogP contribution in [-0.2, 0) is 19.9 Å². The molecule has 2 aromatic carbocycles.